The molecule has 0 bridgehead atoms. The molecule has 0 fully saturated rings. The molecule has 3 rings (SSSR count). The number of anilines is 1. The lowest BCUT2D eigenvalue weighted by Crippen LogP contribution is -2.49. The van der Waals surface area contributed by atoms with Gasteiger partial charge in [0.2, 0.25) is 5.91 Å². The fourth-order valence-corrected chi connectivity index (χ4v) is 4.81. The third-order valence-electron chi connectivity index (χ3n) is 4.63. The van der Waals surface area contributed by atoms with Gasteiger partial charge in [-0.15, -0.1) is 16.4 Å². The SMILES string of the molecule is Cc1ccsc1[C@H](C(=O)NC(C)(C)C)N(C(=O)c1csnn1)c1c(C)cccc1C. The van der Waals surface area contributed by atoms with E-state index in [-0.39, 0.29) is 17.5 Å². The largest absolute Gasteiger partial charge is 0.349 e. The standard InChI is InChI=1S/C22H26N4O2S2/c1-13-8-7-9-14(2)17(13)26(21(28)16-12-30-25-24-16)18(19-15(3)10-11-29-19)20(27)23-22(4,5)6/h7-12,18H,1-6H3,(H,23,27)/t18-/m1/s1. The summed E-state index contributed by atoms with van der Waals surface area (Å²) in [6, 6.07) is 6.99. The van der Waals surface area contributed by atoms with Gasteiger partial charge in [0, 0.05) is 15.8 Å². The number of carbonyl (C=O) groups excluding carboxylic acids is 2. The molecule has 3 aromatic rings. The minimum Gasteiger partial charge on any atom is -0.349 e. The number of amides is 2. The molecule has 158 valence electrons. The van der Waals surface area contributed by atoms with Gasteiger partial charge in [-0.1, -0.05) is 22.7 Å². The van der Waals surface area contributed by atoms with E-state index in [1.807, 2.05) is 71.2 Å². The van der Waals surface area contributed by atoms with E-state index >= 15 is 0 Å². The Morgan fingerprint density at radius 1 is 1.07 bits per heavy atom. The van der Waals surface area contributed by atoms with E-state index in [9.17, 15) is 9.59 Å². The van der Waals surface area contributed by atoms with E-state index < -0.39 is 11.6 Å². The van der Waals surface area contributed by atoms with Crippen LogP contribution in [0.3, 0.4) is 0 Å². The molecule has 0 radical (unpaired) electrons. The normalized spacial score (nSPS) is 12.5. The van der Waals surface area contributed by atoms with Crippen LogP contribution in [0, 0.1) is 20.8 Å². The number of rotatable bonds is 5. The molecule has 6 nitrogen and oxygen atoms in total. The lowest BCUT2D eigenvalue weighted by Gasteiger charge is -2.34. The highest BCUT2D eigenvalue weighted by Crippen LogP contribution is 2.37. The first kappa shape index (κ1) is 22.1. The summed E-state index contributed by atoms with van der Waals surface area (Å²) < 4.78 is 3.85. The van der Waals surface area contributed by atoms with Crippen LogP contribution in [0.25, 0.3) is 0 Å². The van der Waals surface area contributed by atoms with Crippen LogP contribution in [0.2, 0.25) is 0 Å². The molecule has 0 spiro atoms. The Bertz CT molecular complexity index is 1030. The summed E-state index contributed by atoms with van der Waals surface area (Å²) in [7, 11) is 0. The topological polar surface area (TPSA) is 75.2 Å². The third kappa shape index (κ3) is 4.60. The number of hydrogen-bond acceptors (Lipinski definition) is 6. The number of benzene rings is 1. The number of aryl methyl sites for hydroxylation is 3. The van der Waals surface area contributed by atoms with Gasteiger partial charge < -0.3 is 5.32 Å². The van der Waals surface area contributed by atoms with Crippen LogP contribution in [0.4, 0.5) is 5.69 Å². The first-order valence-corrected chi connectivity index (χ1v) is 11.3. The summed E-state index contributed by atoms with van der Waals surface area (Å²) in [4.78, 5) is 29.7. The average molecular weight is 443 g/mol. The van der Waals surface area contributed by atoms with E-state index in [1.54, 1.807) is 10.3 Å². The molecule has 2 aromatic heterocycles. The Balaban J connectivity index is 2.25. The minimum absolute atomic E-state index is 0.227. The zero-order valence-corrected chi connectivity index (χ0v) is 19.6. The number of aromatic nitrogens is 2. The number of nitrogens with zero attached hydrogens (tertiary/aromatic N) is 3. The molecule has 0 saturated carbocycles. The van der Waals surface area contributed by atoms with E-state index in [2.05, 4.69) is 14.9 Å². The van der Waals surface area contributed by atoms with E-state index in [0.717, 1.165) is 38.8 Å². The first-order valence-electron chi connectivity index (χ1n) is 9.63. The summed E-state index contributed by atoms with van der Waals surface area (Å²) in [6.07, 6.45) is 0. The predicted octanol–water partition coefficient (Wildman–Crippen LogP) is 4.83. The molecule has 1 N–H and O–H groups in total. The van der Waals surface area contributed by atoms with Gasteiger partial charge in [-0.3, -0.25) is 14.5 Å². The van der Waals surface area contributed by atoms with Gasteiger partial charge in [-0.2, -0.15) is 0 Å². The molecular formula is C22H26N4O2S2. The van der Waals surface area contributed by atoms with Crippen molar-refractivity contribution in [2.45, 2.75) is 53.1 Å². The summed E-state index contributed by atoms with van der Waals surface area (Å²) in [5, 5.41) is 10.6. The second-order valence-electron chi connectivity index (χ2n) is 8.32. The molecule has 0 aliphatic heterocycles. The van der Waals surface area contributed by atoms with Crippen LogP contribution in [-0.4, -0.2) is 26.9 Å². The van der Waals surface area contributed by atoms with Crippen LogP contribution in [-0.2, 0) is 4.79 Å². The van der Waals surface area contributed by atoms with Crippen molar-refractivity contribution in [1.82, 2.24) is 14.9 Å². The number of thiophene rings is 1. The van der Waals surface area contributed by atoms with Gasteiger partial charge in [-0.05, 0) is 81.2 Å². The van der Waals surface area contributed by atoms with Crippen molar-refractivity contribution in [3.05, 3.63) is 62.3 Å². The van der Waals surface area contributed by atoms with Gasteiger partial charge in [0.1, 0.15) is 0 Å². The van der Waals surface area contributed by atoms with Crippen LogP contribution < -0.4 is 10.2 Å². The number of nitrogens with one attached hydrogen (secondary N) is 1. The zero-order valence-electron chi connectivity index (χ0n) is 18.0. The maximum Gasteiger partial charge on any atom is 0.280 e. The van der Waals surface area contributed by atoms with Crippen LogP contribution in [0.5, 0.6) is 0 Å². The first-order chi connectivity index (χ1) is 14.1. The molecule has 1 aromatic carbocycles. The van der Waals surface area contributed by atoms with Crippen molar-refractivity contribution in [2.75, 3.05) is 4.90 Å². The van der Waals surface area contributed by atoms with Crippen molar-refractivity contribution in [2.24, 2.45) is 0 Å². The molecule has 2 heterocycles. The van der Waals surface area contributed by atoms with Gasteiger partial charge in [-0.25, -0.2) is 0 Å². The van der Waals surface area contributed by atoms with E-state index in [0.29, 0.717) is 0 Å². The van der Waals surface area contributed by atoms with Gasteiger partial charge >= 0.3 is 0 Å². The predicted molar refractivity (Wildman–Crippen MR) is 122 cm³/mol. The summed E-state index contributed by atoms with van der Waals surface area (Å²) in [5.74, 6) is -0.574. The Hall–Kier alpha value is -2.58. The molecule has 0 unspecified atom stereocenters. The summed E-state index contributed by atoms with van der Waals surface area (Å²) in [5.41, 5.74) is 3.29. The van der Waals surface area contributed by atoms with Crippen molar-refractivity contribution in [1.29, 1.82) is 0 Å². The van der Waals surface area contributed by atoms with Crippen LogP contribution in [0.15, 0.2) is 35.0 Å². The second kappa shape index (κ2) is 8.65. The van der Waals surface area contributed by atoms with Crippen molar-refractivity contribution in [3.8, 4) is 0 Å². The summed E-state index contributed by atoms with van der Waals surface area (Å²) in [6.45, 7) is 11.6. The molecule has 30 heavy (non-hydrogen) atoms. The molecule has 1 atom stereocenters. The zero-order chi connectivity index (χ0) is 22.1. The Morgan fingerprint density at radius 2 is 1.73 bits per heavy atom. The fraction of sp³-hybridized carbons (Fsp3) is 0.364. The highest BCUT2D eigenvalue weighted by Gasteiger charge is 2.38. The average Bonchev–Trinajstić information content (AvgIpc) is 3.31. The number of hydrogen-bond donors (Lipinski definition) is 1. The number of carbonyl (C=O) groups is 2. The van der Waals surface area contributed by atoms with Crippen LogP contribution in [0.1, 0.15) is 58.9 Å². The highest BCUT2D eigenvalue weighted by molar-refractivity contribution is 7.10. The van der Waals surface area contributed by atoms with Crippen molar-refractivity contribution < 1.29 is 9.59 Å². The second-order valence-corrected chi connectivity index (χ2v) is 9.87. The lowest BCUT2D eigenvalue weighted by molar-refractivity contribution is -0.123. The Morgan fingerprint density at radius 3 is 2.23 bits per heavy atom. The number of para-hydroxylation sites is 1. The molecule has 2 amide bonds. The van der Waals surface area contributed by atoms with E-state index in [4.69, 9.17) is 0 Å². The van der Waals surface area contributed by atoms with Crippen LogP contribution >= 0.6 is 22.9 Å². The van der Waals surface area contributed by atoms with Gasteiger partial charge in [0.05, 0.1) is 5.69 Å². The smallest absolute Gasteiger partial charge is 0.280 e. The molecule has 0 aliphatic carbocycles. The maximum absolute atomic E-state index is 13.7. The maximum atomic E-state index is 13.7. The molecule has 0 aliphatic rings. The monoisotopic (exact) mass is 442 g/mol. The summed E-state index contributed by atoms with van der Waals surface area (Å²) >= 11 is 2.59. The molecule has 0 saturated heterocycles. The third-order valence-corrected chi connectivity index (χ3v) is 6.21. The van der Waals surface area contributed by atoms with Gasteiger partial charge in [0.15, 0.2) is 11.7 Å². The molecular weight excluding hydrogens is 416 g/mol. The Labute approximate surface area is 185 Å². The Kier molecular flexibility index (Phi) is 6.38. The van der Waals surface area contributed by atoms with Gasteiger partial charge in [0.25, 0.3) is 5.91 Å². The highest BCUT2D eigenvalue weighted by atomic mass is 32.1. The van der Waals surface area contributed by atoms with E-state index in [1.165, 1.54) is 11.3 Å². The lowest BCUT2D eigenvalue weighted by atomic mass is 10.0. The molecule has 8 heteroatoms. The minimum atomic E-state index is -0.821. The quantitative estimate of drug-likeness (QED) is 0.614. The van der Waals surface area contributed by atoms with Crippen molar-refractivity contribution in [3.63, 3.8) is 0 Å². The fourth-order valence-electron chi connectivity index (χ4n) is 3.37. The van der Waals surface area contributed by atoms with Crippen molar-refractivity contribution >= 4 is 40.4 Å².